The average molecular weight is 524 g/mol. The van der Waals surface area contributed by atoms with Gasteiger partial charge in [-0.3, -0.25) is 4.72 Å². The number of nitrogens with one attached hydrogen (secondary N) is 2. The van der Waals surface area contributed by atoms with Gasteiger partial charge in [0.25, 0.3) is 10.0 Å². The minimum Gasteiger partial charge on any atom is -0.477 e. The Bertz CT molecular complexity index is 1500. The van der Waals surface area contributed by atoms with Crippen LogP contribution < -0.4 is 10.0 Å². The number of aromatic nitrogens is 3. The lowest BCUT2D eigenvalue weighted by Crippen LogP contribution is -2.42. The Morgan fingerprint density at radius 3 is 2.57 bits per heavy atom. The zero-order valence-electron chi connectivity index (χ0n) is 20.5. The molecular formula is C26H29N5O5S. The maximum Gasteiger partial charge on any atom is 0.354 e. The first-order valence-corrected chi connectivity index (χ1v) is 13.2. The molecule has 0 aliphatic heterocycles. The van der Waals surface area contributed by atoms with Crippen LogP contribution in [-0.2, 0) is 16.6 Å². The molecule has 0 amide bonds. The summed E-state index contributed by atoms with van der Waals surface area (Å²) in [6.45, 7) is 4.90. The number of imidazole rings is 1. The predicted molar refractivity (Wildman–Crippen MR) is 140 cm³/mol. The Kier molecular flexibility index (Phi) is 7.58. The van der Waals surface area contributed by atoms with E-state index in [0.29, 0.717) is 29.9 Å². The van der Waals surface area contributed by atoms with E-state index >= 15 is 0 Å². The highest BCUT2D eigenvalue weighted by molar-refractivity contribution is 7.92. The van der Waals surface area contributed by atoms with Gasteiger partial charge in [0.05, 0.1) is 22.8 Å². The first-order chi connectivity index (χ1) is 17.5. The molecule has 0 bridgehead atoms. The second kappa shape index (κ2) is 10.7. The highest BCUT2D eigenvalue weighted by Crippen LogP contribution is 2.22. The lowest BCUT2D eigenvalue weighted by molar-refractivity contribution is 0.0691. The zero-order valence-corrected chi connectivity index (χ0v) is 21.3. The Morgan fingerprint density at radius 2 is 1.84 bits per heavy atom. The van der Waals surface area contributed by atoms with E-state index in [2.05, 4.69) is 20.0 Å². The minimum atomic E-state index is -3.73. The van der Waals surface area contributed by atoms with Gasteiger partial charge in [0.15, 0.2) is 11.3 Å². The molecule has 2 aromatic carbocycles. The monoisotopic (exact) mass is 523 g/mol. The fraction of sp³-hybridized carbons (Fsp3) is 0.269. The Balaban J connectivity index is 1.35. The molecule has 4 N–H and O–H groups in total. The zero-order chi connectivity index (χ0) is 26.6. The fourth-order valence-corrected chi connectivity index (χ4v) is 4.92. The molecule has 1 unspecified atom stereocenters. The van der Waals surface area contributed by atoms with Crippen molar-refractivity contribution in [2.75, 3.05) is 11.3 Å². The van der Waals surface area contributed by atoms with Gasteiger partial charge in [0.2, 0.25) is 0 Å². The molecule has 0 fully saturated rings. The SMILES string of the molecule is CC(C)(CCn1cnc2nc(C(=O)O)ccc21)NCC(O)c1cccc(NS(=O)(=O)c2ccccc2)c1. The van der Waals surface area contributed by atoms with Crippen molar-refractivity contribution < 1.29 is 23.4 Å². The quantitative estimate of drug-likeness (QED) is 0.234. The predicted octanol–water partition coefficient (Wildman–Crippen LogP) is 3.42. The van der Waals surface area contributed by atoms with Gasteiger partial charge in [-0.25, -0.2) is 23.2 Å². The second-order valence-electron chi connectivity index (χ2n) is 9.36. The Hall–Kier alpha value is -3.80. The smallest absolute Gasteiger partial charge is 0.354 e. The molecule has 11 heteroatoms. The van der Waals surface area contributed by atoms with Crippen LogP contribution in [0.2, 0.25) is 0 Å². The summed E-state index contributed by atoms with van der Waals surface area (Å²) in [7, 11) is -3.73. The third kappa shape index (κ3) is 6.50. The lowest BCUT2D eigenvalue weighted by atomic mass is 9.99. The molecule has 0 spiro atoms. The van der Waals surface area contributed by atoms with Crippen molar-refractivity contribution in [3.8, 4) is 0 Å². The first kappa shape index (κ1) is 26.3. The van der Waals surface area contributed by atoms with Crippen molar-refractivity contribution in [3.05, 3.63) is 84.3 Å². The van der Waals surface area contributed by atoms with E-state index in [1.54, 1.807) is 54.9 Å². The van der Waals surface area contributed by atoms with Gasteiger partial charge in [0.1, 0.15) is 0 Å². The Morgan fingerprint density at radius 1 is 1.08 bits per heavy atom. The van der Waals surface area contributed by atoms with E-state index in [4.69, 9.17) is 5.11 Å². The first-order valence-electron chi connectivity index (χ1n) is 11.7. The summed E-state index contributed by atoms with van der Waals surface area (Å²) in [5.41, 5.74) is 1.67. The molecule has 4 rings (SSSR count). The number of pyridine rings is 1. The van der Waals surface area contributed by atoms with Crippen LogP contribution in [0.5, 0.6) is 0 Å². The molecule has 0 radical (unpaired) electrons. The number of aromatic carboxylic acids is 1. The van der Waals surface area contributed by atoms with Gasteiger partial charge in [-0.15, -0.1) is 0 Å². The minimum absolute atomic E-state index is 0.0503. The van der Waals surface area contributed by atoms with Gasteiger partial charge >= 0.3 is 5.97 Å². The topological polar surface area (TPSA) is 146 Å². The van der Waals surface area contributed by atoms with Crippen molar-refractivity contribution in [3.63, 3.8) is 0 Å². The molecule has 2 aromatic heterocycles. The van der Waals surface area contributed by atoms with Crippen molar-refractivity contribution in [2.45, 2.75) is 43.4 Å². The largest absolute Gasteiger partial charge is 0.477 e. The number of carboxylic acid groups (broad SMARTS) is 1. The van der Waals surface area contributed by atoms with Gasteiger partial charge in [-0.1, -0.05) is 30.3 Å². The number of aliphatic hydroxyl groups is 1. The molecule has 1 atom stereocenters. The Labute approximate surface area is 215 Å². The average Bonchev–Trinajstić information content (AvgIpc) is 3.29. The van der Waals surface area contributed by atoms with Crippen LogP contribution in [0.3, 0.4) is 0 Å². The maximum atomic E-state index is 12.6. The number of hydrogen-bond donors (Lipinski definition) is 4. The van der Waals surface area contributed by atoms with Crippen LogP contribution >= 0.6 is 0 Å². The molecule has 0 aliphatic rings. The number of rotatable bonds is 11. The number of nitrogens with zero attached hydrogens (tertiary/aromatic N) is 3. The number of hydrogen-bond acceptors (Lipinski definition) is 7. The number of aliphatic hydroxyl groups excluding tert-OH is 1. The number of fused-ring (bicyclic) bond motifs is 1. The molecule has 10 nitrogen and oxygen atoms in total. The van der Waals surface area contributed by atoms with Gasteiger partial charge < -0.3 is 20.1 Å². The number of aryl methyl sites for hydroxylation is 1. The summed E-state index contributed by atoms with van der Waals surface area (Å²) in [5.74, 6) is -1.10. The van der Waals surface area contributed by atoms with Crippen molar-refractivity contribution in [1.82, 2.24) is 19.9 Å². The summed E-state index contributed by atoms with van der Waals surface area (Å²) >= 11 is 0. The van der Waals surface area contributed by atoms with Crippen molar-refractivity contribution in [2.24, 2.45) is 0 Å². The van der Waals surface area contributed by atoms with Crippen LogP contribution in [0.4, 0.5) is 5.69 Å². The van der Waals surface area contributed by atoms with Crippen LogP contribution in [0.15, 0.2) is 78.0 Å². The van der Waals surface area contributed by atoms with E-state index in [1.807, 2.05) is 18.4 Å². The number of β-amino-alcohol motifs (C(OH)–C–C–N with tert-alkyl or cyclic N) is 1. The van der Waals surface area contributed by atoms with Crippen molar-refractivity contribution >= 4 is 32.8 Å². The van der Waals surface area contributed by atoms with E-state index in [-0.39, 0.29) is 22.7 Å². The second-order valence-corrected chi connectivity index (χ2v) is 11.0. The number of carboxylic acids is 1. The number of anilines is 1. The van der Waals surface area contributed by atoms with Crippen LogP contribution in [0.1, 0.15) is 42.4 Å². The van der Waals surface area contributed by atoms with Crippen LogP contribution in [-0.4, -0.2) is 51.2 Å². The molecule has 2 heterocycles. The highest BCUT2D eigenvalue weighted by Gasteiger charge is 2.21. The molecular weight excluding hydrogens is 494 g/mol. The molecule has 0 saturated heterocycles. The van der Waals surface area contributed by atoms with Gasteiger partial charge in [0, 0.05) is 24.3 Å². The summed E-state index contributed by atoms with van der Waals surface area (Å²) in [5, 5.41) is 23.2. The van der Waals surface area contributed by atoms with Crippen LogP contribution in [0, 0.1) is 0 Å². The third-order valence-corrected chi connectivity index (χ3v) is 7.43. The van der Waals surface area contributed by atoms with Crippen LogP contribution in [0.25, 0.3) is 11.2 Å². The molecule has 0 saturated carbocycles. The van der Waals surface area contributed by atoms with E-state index in [9.17, 15) is 18.3 Å². The van der Waals surface area contributed by atoms with E-state index < -0.39 is 22.1 Å². The van der Waals surface area contributed by atoms with Gasteiger partial charge in [-0.2, -0.15) is 0 Å². The third-order valence-electron chi connectivity index (χ3n) is 6.03. The molecule has 194 valence electrons. The molecule has 37 heavy (non-hydrogen) atoms. The summed E-state index contributed by atoms with van der Waals surface area (Å²) in [6.07, 6.45) is 1.48. The number of benzene rings is 2. The summed E-state index contributed by atoms with van der Waals surface area (Å²) in [4.78, 5) is 19.5. The molecule has 4 aromatic rings. The summed E-state index contributed by atoms with van der Waals surface area (Å²) < 4.78 is 29.7. The fourth-order valence-electron chi connectivity index (χ4n) is 3.85. The normalized spacial score (nSPS) is 12.9. The highest BCUT2D eigenvalue weighted by atomic mass is 32.2. The van der Waals surface area contributed by atoms with Crippen molar-refractivity contribution in [1.29, 1.82) is 0 Å². The lowest BCUT2D eigenvalue weighted by Gasteiger charge is -2.28. The molecule has 0 aliphatic carbocycles. The van der Waals surface area contributed by atoms with E-state index in [1.165, 1.54) is 18.2 Å². The standard InChI is InChI=1S/C26H29N5O5S/c1-26(2,13-14-31-17-27-24-22(31)12-11-21(29-24)25(33)34)28-16-23(32)18-7-6-8-19(15-18)30-37(35,36)20-9-4-3-5-10-20/h3-12,15,17,23,28,30,32H,13-14,16H2,1-2H3,(H,33,34). The van der Waals surface area contributed by atoms with E-state index in [0.717, 1.165) is 5.52 Å². The van der Waals surface area contributed by atoms with Gasteiger partial charge in [-0.05, 0) is 62.2 Å². The maximum absolute atomic E-state index is 12.6. The number of carbonyl (C=O) groups is 1. The number of sulfonamides is 1. The summed E-state index contributed by atoms with van der Waals surface area (Å²) in [6, 6.07) is 17.9.